The molecule has 2 atom stereocenters. The molecule has 2 unspecified atom stereocenters. The minimum Gasteiger partial charge on any atom is -0.493 e. The van der Waals surface area contributed by atoms with Crippen LogP contribution in [0.25, 0.3) is 0 Å². The van der Waals surface area contributed by atoms with Crippen LogP contribution in [0, 0.1) is 5.92 Å². The van der Waals surface area contributed by atoms with Crippen molar-refractivity contribution in [3.8, 4) is 5.75 Å². The molecular weight excluding hydrogens is 256 g/mol. The first-order valence-electron chi connectivity index (χ1n) is 7.08. The highest BCUT2D eigenvalue weighted by Crippen LogP contribution is 2.24. The summed E-state index contributed by atoms with van der Waals surface area (Å²) in [4.78, 5) is 11.7. The normalized spacial score (nSPS) is 21.6. The summed E-state index contributed by atoms with van der Waals surface area (Å²) in [6.45, 7) is 0.894. The van der Waals surface area contributed by atoms with Crippen LogP contribution in [0.3, 0.4) is 0 Å². The molecule has 0 radical (unpaired) electrons. The third-order valence-corrected chi connectivity index (χ3v) is 3.66. The number of rotatable bonds is 6. The summed E-state index contributed by atoms with van der Waals surface area (Å²) in [6.07, 6.45) is 2.93. The van der Waals surface area contributed by atoms with Crippen molar-refractivity contribution in [1.82, 2.24) is 5.32 Å². The number of anilines is 1. The number of hydrogen-bond acceptors (Lipinski definition) is 4. The fourth-order valence-corrected chi connectivity index (χ4v) is 2.41. The number of amides is 1. The fraction of sp³-hybridized carbons (Fsp3) is 0.533. The summed E-state index contributed by atoms with van der Waals surface area (Å²) in [7, 11) is 0. The Morgan fingerprint density at radius 3 is 2.75 bits per heavy atom. The molecule has 1 amide bonds. The zero-order valence-electron chi connectivity index (χ0n) is 11.5. The zero-order chi connectivity index (χ0) is 14.4. The van der Waals surface area contributed by atoms with Crippen LogP contribution in [-0.2, 0) is 4.79 Å². The van der Waals surface area contributed by atoms with Gasteiger partial charge in [0.2, 0.25) is 5.91 Å². The quantitative estimate of drug-likeness (QED) is 0.685. The molecular formula is C15H22N2O3. The second-order valence-corrected chi connectivity index (χ2v) is 5.23. The Hall–Kier alpha value is -1.75. The average Bonchev–Trinajstić information content (AvgIpc) is 2.84. The number of benzene rings is 1. The molecule has 0 spiro atoms. The van der Waals surface area contributed by atoms with Crippen molar-refractivity contribution in [3.63, 3.8) is 0 Å². The summed E-state index contributed by atoms with van der Waals surface area (Å²) in [5.74, 6) is 0.870. The molecule has 0 saturated heterocycles. The molecule has 1 aliphatic carbocycles. The molecule has 5 nitrogen and oxygen atoms in total. The monoisotopic (exact) mass is 278 g/mol. The topological polar surface area (TPSA) is 84.6 Å². The molecule has 1 aromatic rings. The average molecular weight is 278 g/mol. The predicted octanol–water partition coefficient (Wildman–Crippen LogP) is 1.31. The molecule has 0 heterocycles. The molecule has 0 aromatic heterocycles. The highest BCUT2D eigenvalue weighted by atomic mass is 16.5. The lowest BCUT2D eigenvalue weighted by atomic mass is 10.1. The summed E-state index contributed by atoms with van der Waals surface area (Å²) in [5.41, 5.74) is 6.26. The number of ether oxygens (including phenoxy) is 1. The van der Waals surface area contributed by atoms with Gasteiger partial charge in [-0.3, -0.25) is 4.79 Å². The van der Waals surface area contributed by atoms with Crippen LogP contribution in [-0.4, -0.2) is 30.3 Å². The number of aliphatic hydroxyl groups excluding tert-OH is 1. The van der Waals surface area contributed by atoms with Crippen LogP contribution < -0.4 is 15.8 Å². The molecule has 1 saturated carbocycles. The van der Waals surface area contributed by atoms with Crippen LogP contribution in [0.5, 0.6) is 5.75 Å². The van der Waals surface area contributed by atoms with Crippen LogP contribution >= 0.6 is 0 Å². The van der Waals surface area contributed by atoms with E-state index in [1.165, 1.54) is 0 Å². The number of nitrogens with one attached hydrogen (secondary N) is 1. The van der Waals surface area contributed by atoms with E-state index in [0.29, 0.717) is 31.0 Å². The first-order chi connectivity index (χ1) is 9.65. The second-order valence-electron chi connectivity index (χ2n) is 5.23. The highest BCUT2D eigenvalue weighted by Gasteiger charge is 2.25. The lowest BCUT2D eigenvalue weighted by Crippen LogP contribution is -2.33. The Morgan fingerprint density at radius 2 is 2.10 bits per heavy atom. The molecule has 5 heteroatoms. The molecule has 0 bridgehead atoms. The number of nitrogens with two attached hydrogens (primary N) is 1. The van der Waals surface area contributed by atoms with Crippen molar-refractivity contribution in [2.24, 2.45) is 5.92 Å². The third-order valence-electron chi connectivity index (χ3n) is 3.66. The minimum atomic E-state index is -0.263. The van der Waals surface area contributed by atoms with Crippen molar-refractivity contribution in [1.29, 1.82) is 0 Å². The molecule has 20 heavy (non-hydrogen) atoms. The first kappa shape index (κ1) is 14.7. The number of hydrogen-bond donors (Lipinski definition) is 3. The van der Waals surface area contributed by atoms with Crippen LogP contribution in [0.2, 0.25) is 0 Å². The Morgan fingerprint density at radius 1 is 1.35 bits per heavy atom. The van der Waals surface area contributed by atoms with Crippen LogP contribution in [0.1, 0.15) is 25.7 Å². The van der Waals surface area contributed by atoms with Crippen molar-refractivity contribution >= 4 is 11.6 Å². The number of nitrogen functional groups attached to an aromatic ring is 1. The van der Waals surface area contributed by atoms with E-state index in [9.17, 15) is 9.90 Å². The number of carbonyl (C=O) groups excluding carboxylic acids is 1. The molecule has 0 aliphatic heterocycles. The van der Waals surface area contributed by atoms with Gasteiger partial charge in [-0.2, -0.15) is 0 Å². The van der Waals surface area contributed by atoms with E-state index >= 15 is 0 Å². The standard InChI is InChI=1S/C15H22N2O3/c16-12-4-6-13(7-5-12)20-9-8-15(19)17-10-11-2-1-3-14(11)18/h4-7,11,14,18H,1-3,8-10,16H2,(H,17,19). The fourth-order valence-electron chi connectivity index (χ4n) is 2.41. The molecule has 1 aliphatic rings. The number of aliphatic hydroxyl groups is 1. The van der Waals surface area contributed by atoms with Crippen molar-refractivity contribution in [2.45, 2.75) is 31.8 Å². The Labute approximate surface area is 119 Å². The van der Waals surface area contributed by atoms with E-state index < -0.39 is 0 Å². The summed E-state index contributed by atoms with van der Waals surface area (Å²) < 4.78 is 5.46. The van der Waals surface area contributed by atoms with Crippen molar-refractivity contribution in [3.05, 3.63) is 24.3 Å². The van der Waals surface area contributed by atoms with Crippen molar-refractivity contribution in [2.75, 3.05) is 18.9 Å². The van der Waals surface area contributed by atoms with E-state index in [0.717, 1.165) is 19.3 Å². The van der Waals surface area contributed by atoms with E-state index in [1.807, 2.05) is 0 Å². The molecule has 2 rings (SSSR count). The molecule has 1 aromatic carbocycles. The molecule has 110 valence electrons. The van der Waals surface area contributed by atoms with Gasteiger partial charge in [0.1, 0.15) is 5.75 Å². The Bertz CT molecular complexity index is 433. The lowest BCUT2D eigenvalue weighted by molar-refractivity contribution is -0.121. The third kappa shape index (κ3) is 4.42. The van der Waals surface area contributed by atoms with Gasteiger partial charge in [0, 0.05) is 18.2 Å². The second kappa shape index (κ2) is 7.14. The maximum absolute atomic E-state index is 11.7. The maximum Gasteiger partial charge on any atom is 0.223 e. The smallest absolute Gasteiger partial charge is 0.223 e. The zero-order valence-corrected chi connectivity index (χ0v) is 11.5. The van der Waals surface area contributed by atoms with E-state index in [4.69, 9.17) is 10.5 Å². The van der Waals surface area contributed by atoms with Crippen LogP contribution in [0.15, 0.2) is 24.3 Å². The van der Waals surface area contributed by atoms with Gasteiger partial charge in [-0.15, -0.1) is 0 Å². The SMILES string of the molecule is Nc1ccc(OCCC(=O)NCC2CCCC2O)cc1. The van der Waals surface area contributed by atoms with Gasteiger partial charge < -0.3 is 20.9 Å². The Balaban J connectivity index is 1.61. The first-order valence-corrected chi connectivity index (χ1v) is 7.08. The minimum absolute atomic E-state index is 0.0421. The van der Waals surface area contributed by atoms with Gasteiger partial charge in [-0.1, -0.05) is 6.42 Å². The van der Waals surface area contributed by atoms with E-state index in [-0.39, 0.29) is 17.9 Å². The van der Waals surface area contributed by atoms with E-state index in [1.54, 1.807) is 24.3 Å². The molecule has 1 fully saturated rings. The van der Waals surface area contributed by atoms with Gasteiger partial charge in [0.15, 0.2) is 0 Å². The van der Waals surface area contributed by atoms with Gasteiger partial charge in [0.25, 0.3) is 0 Å². The van der Waals surface area contributed by atoms with Gasteiger partial charge in [-0.05, 0) is 37.1 Å². The van der Waals surface area contributed by atoms with Gasteiger partial charge in [-0.25, -0.2) is 0 Å². The largest absolute Gasteiger partial charge is 0.493 e. The van der Waals surface area contributed by atoms with Crippen molar-refractivity contribution < 1.29 is 14.6 Å². The van der Waals surface area contributed by atoms with Gasteiger partial charge in [0.05, 0.1) is 19.1 Å². The Kier molecular flexibility index (Phi) is 5.24. The lowest BCUT2D eigenvalue weighted by Gasteiger charge is -2.15. The van der Waals surface area contributed by atoms with Gasteiger partial charge >= 0.3 is 0 Å². The summed E-state index contributed by atoms with van der Waals surface area (Å²) >= 11 is 0. The maximum atomic E-state index is 11.7. The summed E-state index contributed by atoms with van der Waals surface area (Å²) in [5, 5.41) is 12.5. The number of carbonyl (C=O) groups is 1. The predicted molar refractivity (Wildman–Crippen MR) is 77.3 cm³/mol. The van der Waals surface area contributed by atoms with Crippen LogP contribution in [0.4, 0.5) is 5.69 Å². The van der Waals surface area contributed by atoms with E-state index in [2.05, 4.69) is 5.32 Å². The summed E-state index contributed by atoms with van der Waals surface area (Å²) in [6, 6.07) is 7.08. The highest BCUT2D eigenvalue weighted by molar-refractivity contribution is 5.76. The molecule has 4 N–H and O–H groups in total.